The maximum atomic E-state index is 13.9. The fraction of sp³-hybridized carbons (Fsp3) is 0.263. The third kappa shape index (κ3) is 3.72. The van der Waals surface area contributed by atoms with Gasteiger partial charge in [0.15, 0.2) is 10.9 Å². The molecule has 3 N–H and O–H groups in total. The standard InChI is InChI=1S/C19H16ClF3N2O2S/c1-10-2-4-12(5-3-10)16(26)14-15(11-6-8-13(20)9-7-11)24-17(28)25-18(14,27)19(21,22)23/h2-9,14-15,27H,1H3,(H2,24,25,28)/t14-,15+,18+/m0/s1. The smallest absolute Gasteiger partial charge is 0.363 e. The summed E-state index contributed by atoms with van der Waals surface area (Å²) in [6, 6.07) is 10.8. The van der Waals surface area contributed by atoms with Gasteiger partial charge in [0.05, 0.1) is 6.04 Å². The normalized spacial score (nSPS) is 25.0. The predicted molar refractivity (Wildman–Crippen MR) is 103 cm³/mol. The molecule has 2 aromatic rings. The SMILES string of the molecule is Cc1ccc(C(=O)[C@@H]2[C@@H](c3ccc(Cl)cc3)NC(=S)N[C@]2(O)C(F)(F)F)cc1. The molecule has 0 saturated carbocycles. The number of halogens is 4. The quantitative estimate of drug-likeness (QED) is 0.511. The highest BCUT2D eigenvalue weighted by atomic mass is 35.5. The van der Waals surface area contributed by atoms with Crippen LogP contribution in [0.15, 0.2) is 48.5 Å². The molecule has 3 atom stereocenters. The average molecular weight is 429 g/mol. The van der Waals surface area contributed by atoms with E-state index in [1.165, 1.54) is 36.4 Å². The topological polar surface area (TPSA) is 61.4 Å². The van der Waals surface area contributed by atoms with Gasteiger partial charge in [-0.3, -0.25) is 4.79 Å². The molecule has 1 fully saturated rings. The molecule has 1 heterocycles. The minimum atomic E-state index is -5.16. The van der Waals surface area contributed by atoms with Crippen molar-refractivity contribution < 1.29 is 23.1 Å². The summed E-state index contributed by atoms with van der Waals surface area (Å²) in [5, 5.41) is 15.1. The van der Waals surface area contributed by atoms with Gasteiger partial charge in [0.1, 0.15) is 5.92 Å². The van der Waals surface area contributed by atoms with Crippen molar-refractivity contribution in [3.63, 3.8) is 0 Å². The summed E-state index contributed by atoms with van der Waals surface area (Å²) in [5.74, 6) is -2.80. The molecule has 1 aliphatic rings. The molecule has 0 radical (unpaired) electrons. The lowest BCUT2D eigenvalue weighted by atomic mass is 9.77. The number of aryl methyl sites for hydroxylation is 1. The van der Waals surface area contributed by atoms with Gasteiger partial charge in [-0.25, -0.2) is 0 Å². The molecule has 9 heteroatoms. The molecule has 0 aliphatic carbocycles. The number of carbonyl (C=O) groups is 1. The van der Waals surface area contributed by atoms with Gasteiger partial charge < -0.3 is 15.7 Å². The Morgan fingerprint density at radius 2 is 1.71 bits per heavy atom. The maximum Gasteiger partial charge on any atom is 0.437 e. The number of carbonyl (C=O) groups excluding carboxylic acids is 1. The minimum Gasteiger partial charge on any atom is -0.363 e. The largest absolute Gasteiger partial charge is 0.437 e. The summed E-state index contributed by atoms with van der Waals surface area (Å²) in [4.78, 5) is 13.1. The van der Waals surface area contributed by atoms with Crippen molar-refractivity contribution in [2.24, 2.45) is 5.92 Å². The third-order valence-electron chi connectivity index (χ3n) is 4.65. The number of nitrogens with one attached hydrogen (secondary N) is 2. The van der Waals surface area contributed by atoms with E-state index in [0.717, 1.165) is 5.56 Å². The van der Waals surface area contributed by atoms with E-state index in [1.54, 1.807) is 19.1 Å². The van der Waals surface area contributed by atoms with Crippen LogP contribution in [0.25, 0.3) is 0 Å². The van der Waals surface area contributed by atoms with Crippen LogP contribution in [-0.4, -0.2) is 27.9 Å². The minimum absolute atomic E-state index is 0.0497. The van der Waals surface area contributed by atoms with E-state index < -0.39 is 34.8 Å². The highest BCUT2D eigenvalue weighted by Gasteiger charge is 2.65. The van der Waals surface area contributed by atoms with E-state index in [0.29, 0.717) is 10.6 Å². The van der Waals surface area contributed by atoms with Crippen LogP contribution >= 0.6 is 23.8 Å². The zero-order valence-corrected chi connectivity index (χ0v) is 16.1. The third-order valence-corrected chi connectivity index (χ3v) is 5.13. The van der Waals surface area contributed by atoms with E-state index in [-0.39, 0.29) is 5.56 Å². The lowest BCUT2D eigenvalue weighted by molar-refractivity contribution is -0.285. The van der Waals surface area contributed by atoms with E-state index in [2.05, 4.69) is 5.32 Å². The Bertz CT molecular complexity index is 903. The van der Waals surface area contributed by atoms with Gasteiger partial charge in [-0.15, -0.1) is 0 Å². The predicted octanol–water partition coefficient (Wildman–Crippen LogP) is 3.92. The first-order valence-electron chi connectivity index (χ1n) is 8.27. The van der Waals surface area contributed by atoms with Gasteiger partial charge in [-0.05, 0) is 36.8 Å². The van der Waals surface area contributed by atoms with Crippen molar-refractivity contribution in [1.82, 2.24) is 10.6 Å². The number of benzene rings is 2. The molecule has 4 nitrogen and oxygen atoms in total. The van der Waals surface area contributed by atoms with Gasteiger partial charge in [-0.2, -0.15) is 13.2 Å². The van der Waals surface area contributed by atoms with Gasteiger partial charge in [0, 0.05) is 10.6 Å². The molecule has 0 spiro atoms. The second-order valence-electron chi connectivity index (χ2n) is 6.60. The second-order valence-corrected chi connectivity index (χ2v) is 7.44. The van der Waals surface area contributed by atoms with E-state index in [9.17, 15) is 23.1 Å². The highest BCUT2D eigenvalue weighted by molar-refractivity contribution is 7.80. The van der Waals surface area contributed by atoms with Crippen molar-refractivity contribution in [2.75, 3.05) is 0 Å². The van der Waals surface area contributed by atoms with Crippen LogP contribution < -0.4 is 10.6 Å². The Balaban J connectivity index is 2.15. The second kappa shape index (κ2) is 7.35. The number of rotatable bonds is 3. The molecule has 2 aromatic carbocycles. The Morgan fingerprint density at radius 3 is 2.25 bits per heavy atom. The molecule has 28 heavy (non-hydrogen) atoms. The molecule has 3 rings (SSSR count). The van der Waals surface area contributed by atoms with Gasteiger partial charge in [-0.1, -0.05) is 53.6 Å². The van der Waals surface area contributed by atoms with Crippen LogP contribution in [0.5, 0.6) is 0 Å². The summed E-state index contributed by atoms with van der Waals surface area (Å²) in [5.41, 5.74) is -2.31. The summed E-state index contributed by atoms with van der Waals surface area (Å²) >= 11 is 10.7. The number of Topliss-reactive ketones (excluding diaryl/α,β-unsaturated/α-hetero) is 1. The molecule has 0 aromatic heterocycles. The van der Waals surface area contributed by atoms with Gasteiger partial charge in [0.25, 0.3) is 0 Å². The molecule has 0 bridgehead atoms. The molecule has 0 amide bonds. The number of hydrogen-bond acceptors (Lipinski definition) is 3. The van der Waals surface area contributed by atoms with Crippen molar-refractivity contribution >= 4 is 34.7 Å². The lowest BCUT2D eigenvalue weighted by Gasteiger charge is -2.46. The first-order chi connectivity index (χ1) is 13.0. The van der Waals surface area contributed by atoms with Crippen molar-refractivity contribution in [1.29, 1.82) is 0 Å². The molecular formula is C19H16ClF3N2O2S. The summed E-state index contributed by atoms with van der Waals surface area (Å²) in [6.07, 6.45) is -5.16. The maximum absolute atomic E-state index is 13.9. The van der Waals surface area contributed by atoms with E-state index in [1.807, 2.05) is 5.32 Å². The molecule has 0 unspecified atom stereocenters. The van der Waals surface area contributed by atoms with Crippen molar-refractivity contribution in [3.8, 4) is 0 Å². The summed E-state index contributed by atoms with van der Waals surface area (Å²) < 4.78 is 41.6. The van der Waals surface area contributed by atoms with Crippen LogP contribution in [0.3, 0.4) is 0 Å². The molecule has 148 valence electrons. The monoisotopic (exact) mass is 428 g/mol. The number of aliphatic hydroxyl groups is 1. The number of ketones is 1. The first kappa shape index (κ1) is 20.6. The highest BCUT2D eigenvalue weighted by Crippen LogP contribution is 2.44. The Morgan fingerprint density at radius 1 is 1.14 bits per heavy atom. The van der Waals surface area contributed by atoms with Crippen molar-refractivity contribution in [3.05, 3.63) is 70.2 Å². The van der Waals surface area contributed by atoms with Gasteiger partial charge >= 0.3 is 6.18 Å². The van der Waals surface area contributed by atoms with Crippen molar-refractivity contribution in [2.45, 2.75) is 24.9 Å². The Hall–Kier alpha value is -2.16. The van der Waals surface area contributed by atoms with Crippen LogP contribution in [0.2, 0.25) is 5.02 Å². The first-order valence-corrected chi connectivity index (χ1v) is 9.05. The molecular weight excluding hydrogens is 413 g/mol. The van der Waals surface area contributed by atoms with E-state index in [4.69, 9.17) is 23.8 Å². The zero-order chi connectivity index (χ0) is 20.7. The van der Waals surface area contributed by atoms with Crippen LogP contribution in [-0.2, 0) is 0 Å². The molecule has 1 aliphatic heterocycles. The lowest BCUT2D eigenvalue weighted by Crippen LogP contribution is -2.72. The number of thiocarbonyl (C=S) groups is 1. The average Bonchev–Trinajstić information content (AvgIpc) is 2.61. The van der Waals surface area contributed by atoms with Crippen LogP contribution in [0.4, 0.5) is 13.2 Å². The fourth-order valence-corrected chi connectivity index (χ4v) is 3.59. The Kier molecular flexibility index (Phi) is 5.40. The number of hydrogen-bond donors (Lipinski definition) is 3. The zero-order valence-electron chi connectivity index (χ0n) is 14.5. The molecule has 1 saturated heterocycles. The summed E-state index contributed by atoms with van der Waals surface area (Å²) in [7, 11) is 0. The number of alkyl halides is 3. The van der Waals surface area contributed by atoms with Crippen LogP contribution in [0.1, 0.15) is 27.5 Å². The van der Waals surface area contributed by atoms with Crippen LogP contribution in [0, 0.1) is 12.8 Å². The fourth-order valence-electron chi connectivity index (χ4n) is 3.18. The Labute approximate surface area is 169 Å². The summed E-state index contributed by atoms with van der Waals surface area (Å²) in [6.45, 7) is 1.79. The van der Waals surface area contributed by atoms with E-state index >= 15 is 0 Å². The van der Waals surface area contributed by atoms with Gasteiger partial charge in [0.2, 0.25) is 5.72 Å².